The molecule has 1 N–H and O–H groups in total. The van der Waals surface area contributed by atoms with E-state index >= 15 is 0 Å². The fourth-order valence-corrected chi connectivity index (χ4v) is 2.13. The van der Waals surface area contributed by atoms with Crippen molar-refractivity contribution in [2.45, 2.75) is 6.42 Å². The molecule has 0 aromatic heterocycles. The number of benzene rings is 1. The molecule has 0 unspecified atom stereocenters. The molecule has 1 aromatic rings. The Morgan fingerprint density at radius 3 is 3.00 bits per heavy atom. The highest BCUT2D eigenvalue weighted by molar-refractivity contribution is 5.91. The van der Waals surface area contributed by atoms with Gasteiger partial charge in [0, 0.05) is 25.7 Å². The summed E-state index contributed by atoms with van der Waals surface area (Å²) >= 11 is 0. The molecule has 108 valence electrons. The van der Waals surface area contributed by atoms with Crippen molar-refractivity contribution in [3.8, 4) is 5.75 Å². The molecule has 0 saturated carbocycles. The lowest BCUT2D eigenvalue weighted by Crippen LogP contribution is -2.32. The predicted octanol–water partition coefficient (Wildman–Crippen LogP) is 1.67. The summed E-state index contributed by atoms with van der Waals surface area (Å²) in [5, 5.41) is 3.24. The molecule has 1 amide bonds. The van der Waals surface area contributed by atoms with Gasteiger partial charge in [-0.3, -0.25) is 4.79 Å². The van der Waals surface area contributed by atoms with Crippen molar-refractivity contribution in [1.82, 2.24) is 10.2 Å². The topological polar surface area (TPSA) is 41.6 Å². The van der Waals surface area contributed by atoms with Gasteiger partial charge in [0.2, 0.25) is 5.91 Å². The van der Waals surface area contributed by atoms with E-state index in [0.717, 1.165) is 26.1 Å². The van der Waals surface area contributed by atoms with Gasteiger partial charge in [-0.15, -0.1) is 0 Å². The van der Waals surface area contributed by atoms with Crippen LogP contribution in [0.5, 0.6) is 5.75 Å². The van der Waals surface area contributed by atoms with Gasteiger partial charge in [-0.2, -0.15) is 0 Å². The number of carbonyl (C=O) groups is 1. The average Bonchev–Trinajstić information content (AvgIpc) is 2.74. The van der Waals surface area contributed by atoms with E-state index in [1.807, 2.05) is 0 Å². The number of nitrogens with one attached hydrogen (secondary N) is 1. The number of methoxy groups -OCH3 is 1. The first-order valence-corrected chi connectivity index (χ1v) is 6.72. The Morgan fingerprint density at radius 1 is 1.40 bits per heavy atom. The van der Waals surface area contributed by atoms with E-state index in [1.165, 1.54) is 19.3 Å². The van der Waals surface area contributed by atoms with Crippen molar-refractivity contribution in [3.05, 3.63) is 35.7 Å². The van der Waals surface area contributed by atoms with E-state index in [4.69, 9.17) is 4.74 Å². The number of rotatable bonds is 3. The summed E-state index contributed by atoms with van der Waals surface area (Å²) in [5.74, 6) is -0.266. The first-order valence-electron chi connectivity index (χ1n) is 6.72. The minimum Gasteiger partial charge on any atom is -0.494 e. The van der Waals surface area contributed by atoms with Crippen LogP contribution in [0.1, 0.15) is 12.0 Å². The molecule has 0 radical (unpaired) electrons. The second-order valence-electron chi connectivity index (χ2n) is 4.66. The van der Waals surface area contributed by atoms with Crippen LogP contribution in [0, 0.1) is 5.82 Å². The largest absolute Gasteiger partial charge is 0.494 e. The maximum atomic E-state index is 13.5. The van der Waals surface area contributed by atoms with Gasteiger partial charge in [-0.1, -0.05) is 6.07 Å². The van der Waals surface area contributed by atoms with Gasteiger partial charge in [0.15, 0.2) is 11.6 Å². The maximum Gasteiger partial charge on any atom is 0.246 e. The van der Waals surface area contributed by atoms with E-state index in [9.17, 15) is 9.18 Å². The van der Waals surface area contributed by atoms with Crippen LogP contribution in [-0.2, 0) is 4.79 Å². The van der Waals surface area contributed by atoms with Gasteiger partial charge < -0.3 is 15.0 Å². The van der Waals surface area contributed by atoms with Crippen LogP contribution in [0.2, 0.25) is 0 Å². The quantitative estimate of drug-likeness (QED) is 0.855. The van der Waals surface area contributed by atoms with E-state index in [2.05, 4.69) is 5.32 Å². The van der Waals surface area contributed by atoms with Crippen molar-refractivity contribution in [2.24, 2.45) is 0 Å². The van der Waals surface area contributed by atoms with Crippen LogP contribution >= 0.6 is 0 Å². The Morgan fingerprint density at radius 2 is 2.25 bits per heavy atom. The highest BCUT2D eigenvalue weighted by Gasteiger charge is 2.12. The summed E-state index contributed by atoms with van der Waals surface area (Å²) in [6.07, 6.45) is 4.08. The summed E-state index contributed by atoms with van der Waals surface area (Å²) in [6, 6.07) is 4.62. The lowest BCUT2D eigenvalue weighted by molar-refractivity contribution is -0.125. The Hall–Kier alpha value is -1.88. The minimum absolute atomic E-state index is 0.0371. The van der Waals surface area contributed by atoms with Gasteiger partial charge >= 0.3 is 0 Å². The Balaban J connectivity index is 2.00. The molecular formula is C15H19FN2O2. The molecule has 5 heteroatoms. The molecule has 1 aliphatic rings. The summed E-state index contributed by atoms with van der Waals surface area (Å²) in [4.78, 5) is 13.8. The average molecular weight is 278 g/mol. The molecule has 1 heterocycles. The molecule has 1 aromatic carbocycles. The number of hydrogen-bond acceptors (Lipinski definition) is 3. The van der Waals surface area contributed by atoms with Gasteiger partial charge in [-0.25, -0.2) is 4.39 Å². The molecule has 0 aliphatic carbocycles. The number of carbonyl (C=O) groups excluding carboxylic acids is 1. The monoisotopic (exact) mass is 278 g/mol. The normalized spacial score (nSPS) is 16.2. The smallest absolute Gasteiger partial charge is 0.246 e. The van der Waals surface area contributed by atoms with Crippen LogP contribution in [0.15, 0.2) is 24.3 Å². The number of amides is 1. The number of ether oxygens (including phenoxy) is 1. The van der Waals surface area contributed by atoms with Crippen LogP contribution in [0.3, 0.4) is 0 Å². The summed E-state index contributed by atoms with van der Waals surface area (Å²) in [5.41, 5.74) is 0.643. The molecule has 2 rings (SSSR count). The Labute approximate surface area is 118 Å². The van der Waals surface area contributed by atoms with Gasteiger partial charge in [0.1, 0.15) is 0 Å². The molecule has 0 spiro atoms. The van der Waals surface area contributed by atoms with Crippen molar-refractivity contribution < 1.29 is 13.9 Å². The van der Waals surface area contributed by atoms with Gasteiger partial charge in [-0.05, 0) is 36.7 Å². The van der Waals surface area contributed by atoms with Crippen LogP contribution < -0.4 is 10.1 Å². The standard InChI is InChI=1S/C15H19FN2O2/c1-20-14-5-3-12(11-13(14)16)4-6-15(19)18-9-2-7-17-8-10-18/h3-6,11,17H,2,7-10H2,1H3. The van der Waals surface area contributed by atoms with E-state index in [0.29, 0.717) is 12.1 Å². The third kappa shape index (κ3) is 3.81. The second-order valence-corrected chi connectivity index (χ2v) is 4.66. The fraction of sp³-hybridized carbons (Fsp3) is 0.400. The molecule has 0 bridgehead atoms. The third-order valence-corrected chi connectivity index (χ3v) is 3.25. The molecule has 0 atom stereocenters. The zero-order valence-corrected chi connectivity index (χ0v) is 11.6. The third-order valence-electron chi connectivity index (χ3n) is 3.25. The second kappa shape index (κ2) is 7.05. The number of hydrogen-bond donors (Lipinski definition) is 1. The van der Waals surface area contributed by atoms with E-state index in [-0.39, 0.29) is 11.7 Å². The molecule has 4 nitrogen and oxygen atoms in total. The van der Waals surface area contributed by atoms with Gasteiger partial charge in [0.05, 0.1) is 7.11 Å². The molecule has 20 heavy (non-hydrogen) atoms. The first kappa shape index (κ1) is 14.5. The summed E-state index contributed by atoms with van der Waals surface area (Å²) in [6.45, 7) is 3.22. The number of halogens is 1. The van der Waals surface area contributed by atoms with Crippen molar-refractivity contribution in [1.29, 1.82) is 0 Å². The summed E-state index contributed by atoms with van der Waals surface area (Å²) in [7, 11) is 1.42. The Kier molecular flexibility index (Phi) is 5.12. The fourth-order valence-electron chi connectivity index (χ4n) is 2.13. The minimum atomic E-state index is -0.430. The van der Waals surface area contributed by atoms with E-state index in [1.54, 1.807) is 23.1 Å². The molecule has 1 saturated heterocycles. The highest BCUT2D eigenvalue weighted by Crippen LogP contribution is 2.18. The molecule has 1 fully saturated rings. The lowest BCUT2D eigenvalue weighted by atomic mass is 10.2. The zero-order valence-electron chi connectivity index (χ0n) is 11.6. The van der Waals surface area contributed by atoms with Crippen LogP contribution in [0.25, 0.3) is 6.08 Å². The van der Waals surface area contributed by atoms with Crippen molar-refractivity contribution in [3.63, 3.8) is 0 Å². The van der Waals surface area contributed by atoms with Gasteiger partial charge in [0.25, 0.3) is 0 Å². The highest BCUT2D eigenvalue weighted by atomic mass is 19.1. The lowest BCUT2D eigenvalue weighted by Gasteiger charge is -2.17. The number of nitrogens with zero attached hydrogens (tertiary/aromatic N) is 1. The molecule has 1 aliphatic heterocycles. The van der Waals surface area contributed by atoms with E-state index < -0.39 is 5.82 Å². The van der Waals surface area contributed by atoms with Crippen LogP contribution in [-0.4, -0.2) is 44.1 Å². The Bertz CT molecular complexity index is 495. The van der Waals surface area contributed by atoms with Crippen molar-refractivity contribution >= 4 is 12.0 Å². The molecular weight excluding hydrogens is 259 g/mol. The predicted molar refractivity (Wildman–Crippen MR) is 76.1 cm³/mol. The summed E-state index contributed by atoms with van der Waals surface area (Å²) < 4.78 is 18.4. The first-order chi connectivity index (χ1) is 9.70. The zero-order chi connectivity index (χ0) is 14.4. The SMILES string of the molecule is COc1ccc(C=CC(=O)N2CCCNCC2)cc1F. The maximum absolute atomic E-state index is 13.5. The van der Waals surface area contributed by atoms with Crippen molar-refractivity contribution in [2.75, 3.05) is 33.3 Å². The van der Waals surface area contributed by atoms with Crippen LogP contribution in [0.4, 0.5) is 4.39 Å².